The molecule has 27 heavy (non-hydrogen) atoms. The second-order valence-electron chi connectivity index (χ2n) is 5.46. The van der Waals surface area contributed by atoms with Crippen molar-refractivity contribution in [1.29, 1.82) is 0 Å². The van der Waals surface area contributed by atoms with Gasteiger partial charge in [-0.25, -0.2) is 4.98 Å². The molecule has 1 amide bonds. The lowest BCUT2D eigenvalue weighted by atomic mass is 10.3. The normalized spacial score (nSPS) is 10.7. The van der Waals surface area contributed by atoms with Crippen LogP contribution in [0.4, 0.5) is 6.01 Å². The third kappa shape index (κ3) is 4.80. The highest BCUT2D eigenvalue weighted by molar-refractivity contribution is 7.99. The molecule has 3 aromatic rings. The van der Waals surface area contributed by atoms with Crippen LogP contribution >= 0.6 is 11.8 Å². The summed E-state index contributed by atoms with van der Waals surface area (Å²) in [5, 5.41) is 10.4. The number of benzene rings is 1. The van der Waals surface area contributed by atoms with E-state index in [1.54, 1.807) is 19.1 Å². The summed E-state index contributed by atoms with van der Waals surface area (Å²) in [7, 11) is 1.50. The standard InChI is InChI=1S/C17H17N5O4S/c1-11-8-15(24)22(12-6-4-3-5-7-12)17(18-11)27-10-13(23)19-16-21-20-14(26-16)9-25-2/h3-8H,9-10H2,1-2H3,(H,19,21,23). The van der Waals surface area contributed by atoms with Crippen LogP contribution in [0.15, 0.2) is 50.8 Å². The molecule has 2 heterocycles. The second-order valence-corrected chi connectivity index (χ2v) is 6.40. The van der Waals surface area contributed by atoms with Crippen LogP contribution < -0.4 is 10.9 Å². The monoisotopic (exact) mass is 387 g/mol. The van der Waals surface area contributed by atoms with Crippen LogP contribution in [0.3, 0.4) is 0 Å². The number of nitrogens with one attached hydrogen (secondary N) is 1. The van der Waals surface area contributed by atoms with E-state index in [4.69, 9.17) is 9.15 Å². The van der Waals surface area contributed by atoms with Gasteiger partial charge in [-0.1, -0.05) is 35.1 Å². The van der Waals surface area contributed by atoms with E-state index in [0.717, 1.165) is 11.8 Å². The minimum atomic E-state index is -0.358. The molecule has 1 aromatic carbocycles. The van der Waals surface area contributed by atoms with E-state index in [1.807, 2.05) is 18.2 Å². The molecule has 9 nitrogen and oxygen atoms in total. The Bertz CT molecular complexity index is 986. The number of ether oxygens (including phenoxy) is 1. The lowest BCUT2D eigenvalue weighted by Gasteiger charge is -2.11. The van der Waals surface area contributed by atoms with Crippen LogP contribution in [0, 0.1) is 6.92 Å². The summed E-state index contributed by atoms with van der Waals surface area (Å²) in [4.78, 5) is 29.0. The number of rotatable bonds is 7. The SMILES string of the molecule is COCc1nnc(NC(=O)CSc2nc(C)cc(=O)n2-c2ccccc2)o1. The maximum absolute atomic E-state index is 12.4. The van der Waals surface area contributed by atoms with E-state index in [0.29, 0.717) is 16.5 Å². The predicted molar refractivity (Wildman–Crippen MR) is 98.9 cm³/mol. The number of amides is 1. The van der Waals surface area contributed by atoms with Crippen LogP contribution in [0.2, 0.25) is 0 Å². The minimum Gasteiger partial charge on any atom is -0.405 e. The largest absolute Gasteiger partial charge is 0.405 e. The quantitative estimate of drug-likeness (QED) is 0.482. The van der Waals surface area contributed by atoms with Crippen molar-refractivity contribution in [3.63, 3.8) is 0 Å². The second kappa shape index (κ2) is 8.60. The molecule has 1 N–H and O–H groups in total. The molecule has 0 saturated carbocycles. The molecule has 0 spiro atoms. The van der Waals surface area contributed by atoms with E-state index in [-0.39, 0.29) is 35.7 Å². The van der Waals surface area contributed by atoms with Crippen LogP contribution in [0.5, 0.6) is 0 Å². The molecule has 0 bridgehead atoms. The molecule has 0 saturated heterocycles. The number of carbonyl (C=O) groups excluding carboxylic acids is 1. The number of para-hydroxylation sites is 1. The number of methoxy groups -OCH3 is 1. The van der Waals surface area contributed by atoms with E-state index in [2.05, 4.69) is 20.5 Å². The third-order valence-electron chi connectivity index (χ3n) is 3.34. The lowest BCUT2D eigenvalue weighted by molar-refractivity contribution is -0.113. The number of carbonyl (C=O) groups is 1. The van der Waals surface area contributed by atoms with Crippen molar-refractivity contribution in [2.45, 2.75) is 18.7 Å². The van der Waals surface area contributed by atoms with Gasteiger partial charge in [0.15, 0.2) is 5.16 Å². The summed E-state index contributed by atoms with van der Waals surface area (Å²) in [6.07, 6.45) is 0. The lowest BCUT2D eigenvalue weighted by Crippen LogP contribution is -2.22. The Morgan fingerprint density at radius 2 is 2.07 bits per heavy atom. The first-order valence-corrected chi connectivity index (χ1v) is 8.95. The fourth-order valence-corrected chi connectivity index (χ4v) is 3.12. The molecule has 0 unspecified atom stereocenters. The molecule has 10 heteroatoms. The van der Waals surface area contributed by atoms with Gasteiger partial charge in [-0.2, -0.15) is 0 Å². The summed E-state index contributed by atoms with van der Waals surface area (Å²) >= 11 is 1.14. The first-order valence-electron chi connectivity index (χ1n) is 7.97. The van der Waals surface area contributed by atoms with Crippen LogP contribution in [0.1, 0.15) is 11.6 Å². The fraction of sp³-hybridized carbons (Fsp3) is 0.235. The third-order valence-corrected chi connectivity index (χ3v) is 4.28. The number of hydrogen-bond donors (Lipinski definition) is 1. The van der Waals surface area contributed by atoms with Gasteiger partial charge in [0.2, 0.25) is 11.8 Å². The van der Waals surface area contributed by atoms with Crippen LogP contribution in [0.25, 0.3) is 5.69 Å². The molecule has 2 aromatic heterocycles. The van der Waals surface area contributed by atoms with Crippen LogP contribution in [-0.2, 0) is 16.1 Å². The van der Waals surface area contributed by atoms with Gasteiger partial charge >= 0.3 is 6.01 Å². The molecular formula is C17H17N5O4S. The maximum Gasteiger partial charge on any atom is 0.322 e. The Balaban J connectivity index is 1.73. The first-order chi connectivity index (χ1) is 13.1. The van der Waals surface area contributed by atoms with Crippen molar-refractivity contribution in [3.8, 4) is 5.69 Å². The summed E-state index contributed by atoms with van der Waals surface area (Å²) in [6, 6.07) is 10.6. The van der Waals surface area contributed by atoms with Gasteiger partial charge in [-0.15, -0.1) is 5.10 Å². The molecular weight excluding hydrogens is 370 g/mol. The number of aromatic nitrogens is 4. The number of aryl methyl sites for hydroxylation is 1. The first kappa shape index (κ1) is 18.8. The topological polar surface area (TPSA) is 112 Å². The van der Waals surface area contributed by atoms with Gasteiger partial charge in [-0.3, -0.25) is 19.5 Å². The zero-order valence-corrected chi connectivity index (χ0v) is 15.5. The Hall–Kier alpha value is -2.98. The Labute approximate surface area is 158 Å². The number of thioether (sulfide) groups is 1. The van der Waals surface area contributed by atoms with Gasteiger partial charge in [0.1, 0.15) is 6.61 Å². The van der Waals surface area contributed by atoms with Gasteiger partial charge < -0.3 is 9.15 Å². The fourth-order valence-electron chi connectivity index (χ4n) is 2.25. The highest BCUT2D eigenvalue weighted by atomic mass is 32.2. The van der Waals surface area contributed by atoms with E-state index in [9.17, 15) is 9.59 Å². The molecule has 0 aliphatic rings. The Morgan fingerprint density at radius 3 is 2.81 bits per heavy atom. The molecule has 0 fully saturated rings. The van der Waals surface area contributed by atoms with Gasteiger partial charge in [-0.05, 0) is 19.1 Å². The number of hydrogen-bond acceptors (Lipinski definition) is 8. The highest BCUT2D eigenvalue weighted by Crippen LogP contribution is 2.19. The zero-order chi connectivity index (χ0) is 19.2. The molecule has 0 aliphatic heterocycles. The van der Waals surface area contributed by atoms with Crippen molar-refractivity contribution in [3.05, 3.63) is 58.3 Å². The number of anilines is 1. The van der Waals surface area contributed by atoms with E-state index < -0.39 is 0 Å². The van der Waals surface area contributed by atoms with Crippen molar-refractivity contribution >= 4 is 23.7 Å². The van der Waals surface area contributed by atoms with Crippen molar-refractivity contribution in [1.82, 2.24) is 19.7 Å². The van der Waals surface area contributed by atoms with Crippen molar-refractivity contribution < 1.29 is 13.9 Å². The van der Waals surface area contributed by atoms with Gasteiger partial charge in [0.05, 0.1) is 11.4 Å². The van der Waals surface area contributed by atoms with E-state index >= 15 is 0 Å². The molecule has 140 valence electrons. The summed E-state index contributed by atoms with van der Waals surface area (Å²) in [5.41, 5.74) is 1.05. The maximum atomic E-state index is 12.4. The van der Waals surface area contributed by atoms with Crippen LogP contribution in [-0.4, -0.2) is 38.5 Å². The summed E-state index contributed by atoms with van der Waals surface area (Å²) in [6.45, 7) is 1.89. The summed E-state index contributed by atoms with van der Waals surface area (Å²) < 4.78 is 11.6. The van der Waals surface area contributed by atoms with Gasteiger partial charge in [0.25, 0.3) is 5.56 Å². The van der Waals surface area contributed by atoms with Crippen molar-refractivity contribution in [2.24, 2.45) is 0 Å². The zero-order valence-electron chi connectivity index (χ0n) is 14.7. The highest BCUT2D eigenvalue weighted by Gasteiger charge is 2.14. The number of nitrogens with zero attached hydrogens (tertiary/aromatic N) is 4. The van der Waals surface area contributed by atoms with Gasteiger partial charge in [0, 0.05) is 18.9 Å². The molecule has 0 radical (unpaired) electrons. The smallest absolute Gasteiger partial charge is 0.322 e. The Morgan fingerprint density at radius 1 is 1.30 bits per heavy atom. The predicted octanol–water partition coefficient (Wildman–Crippen LogP) is 1.80. The molecule has 3 rings (SSSR count). The molecule has 0 aliphatic carbocycles. The average molecular weight is 387 g/mol. The average Bonchev–Trinajstić information content (AvgIpc) is 3.07. The minimum absolute atomic E-state index is 0.00898. The van der Waals surface area contributed by atoms with Crippen molar-refractivity contribution in [2.75, 3.05) is 18.2 Å². The summed E-state index contributed by atoms with van der Waals surface area (Å²) in [5.74, 6) is -0.0771. The van der Waals surface area contributed by atoms with E-state index in [1.165, 1.54) is 17.7 Å². The Kier molecular flexibility index (Phi) is 5.99. The molecule has 0 atom stereocenters.